The normalized spacial score (nSPS) is 12.8. The zero-order valence-electron chi connectivity index (χ0n) is 19.7. The van der Waals surface area contributed by atoms with Crippen molar-refractivity contribution < 1.29 is 33.6 Å². The number of carbonyl (C=O) groups excluding carboxylic acids is 1. The minimum Gasteiger partial charge on any atom is -0.496 e. The van der Waals surface area contributed by atoms with Crippen molar-refractivity contribution in [3.63, 3.8) is 0 Å². The van der Waals surface area contributed by atoms with Gasteiger partial charge in [0, 0.05) is 18.1 Å². The summed E-state index contributed by atoms with van der Waals surface area (Å²) in [5, 5.41) is 12.2. The molecular weight excluding hydrogens is 450 g/mol. The second-order valence-corrected chi connectivity index (χ2v) is 8.07. The minimum atomic E-state index is -1.10. The fourth-order valence-corrected chi connectivity index (χ4v) is 4.56. The van der Waals surface area contributed by atoms with E-state index in [2.05, 4.69) is 17.4 Å². The van der Waals surface area contributed by atoms with Gasteiger partial charge in [0.05, 0.1) is 39.4 Å². The first-order chi connectivity index (χ1) is 17.0. The van der Waals surface area contributed by atoms with Crippen LogP contribution in [0.1, 0.15) is 35.1 Å². The summed E-state index contributed by atoms with van der Waals surface area (Å²) >= 11 is 0. The van der Waals surface area contributed by atoms with Crippen LogP contribution in [0.25, 0.3) is 11.1 Å². The largest absolute Gasteiger partial charge is 0.496 e. The summed E-state index contributed by atoms with van der Waals surface area (Å²) in [5.41, 5.74) is 4.79. The molecule has 182 valence electrons. The van der Waals surface area contributed by atoms with Gasteiger partial charge in [-0.3, -0.25) is 4.79 Å². The average Bonchev–Trinajstić information content (AvgIpc) is 3.19. The van der Waals surface area contributed by atoms with Gasteiger partial charge in [0.1, 0.15) is 23.9 Å². The average molecular weight is 478 g/mol. The molecule has 0 heterocycles. The number of hydrogen-bond acceptors (Lipinski definition) is 6. The number of carboxylic acids is 1. The predicted molar refractivity (Wildman–Crippen MR) is 129 cm³/mol. The van der Waals surface area contributed by atoms with Crippen molar-refractivity contribution >= 4 is 12.1 Å². The van der Waals surface area contributed by atoms with Crippen LogP contribution in [-0.4, -0.2) is 45.1 Å². The van der Waals surface area contributed by atoms with E-state index in [-0.39, 0.29) is 12.5 Å². The van der Waals surface area contributed by atoms with Gasteiger partial charge in [0.15, 0.2) is 0 Å². The fourth-order valence-electron chi connectivity index (χ4n) is 4.56. The molecule has 0 aliphatic heterocycles. The monoisotopic (exact) mass is 477 g/mol. The fraction of sp³-hybridized carbons (Fsp3) is 0.259. The molecule has 0 fully saturated rings. The summed E-state index contributed by atoms with van der Waals surface area (Å²) in [5.74, 6) is -0.0968. The number of aliphatic carboxylic acids is 1. The summed E-state index contributed by atoms with van der Waals surface area (Å²) in [4.78, 5) is 24.5. The first kappa shape index (κ1) is 23.9. The maximum absolute atomic E-state index is 12.9. The van der Waals surface area contributed by atoms with Crippen LogP contribution >= 0.6 is 0 Å². The molecular formula is C27H27NO7. The Hall–Kier alpha value is -4.20. The van der Waals surface area contributed by atoms with Crippen LogP contribution in [0, 0.1) is 0 Å². The smallest absolute Gasteiger partial charge is 0.407 e. The SMILES string of the molecule is COc1cc(OC)c([C@H](CC(=O)O)NC(=O)OCC2c3ccccc3-c3ccccc32)c(OC)c1. The predicted octanol–water partition coefficient (Wildman–Crippen LogP) is 4.77. The Morgan fingerprint density at radius 1 is 0.886 bits per heavy atom. The highest BCUT2D eigenvalue weighted by molar-refractivity contribution is 5.79. The Bertz CT molecular complexity index is 1170. The lowest BCUT2D eigenvalue weighted by molar-refractivity contribution is -0.137. The summed E-state index contributed by atoms with van der Waals surface area (Å²) in [6.45, 7) is 0.108. The molecule has 8 nitrogen and oxygen atoms in total. The molecule has 3 aromatic carbocycles. The second-order valence-electron chi connectivity index (χ2n) is 8.07. The molecule has 4 rings (SSSR count). The number of alkyl carbamates (subject to hydrolysis) is 1. The van der Waals surface area contributed by atoms with Gasteiger partial charge in [-0.25, -0.2) is 4.79 Å². The van der Waals surface area contributed by atoms with Crippen molar-refractivity contribution in [3.05, 3.63) is 77.4 Å². The lowest BCUT2D eigenvalue weighted by Gasteiger charge is -2.23. The van der Waals surface area contributed by atoms with E-state index in [0.717, 1.165) is 22.3 Å². The topological polar surface area (TPSA) is 103 Å². The van der Waals surface area contributed by atoms with Crippen molar-refractivity contribution in [2.75, 3.05) is 27.9 Å². The maximum Gasteiger partial charge on any atom is 0.407 e. The number of carbonyl (C=O) groups is 2. The molecule has 1 aliphatic carbocycles. The molecule has 35 heavy (non-hydrogen) atoms. The van der Waals surface area contributed by atoms with Crippen molar-refractivity contribution in [2.24, 2.45) is 0 Å². The zero-order valence-corrected chi connectivity index (χ0v) is 19.7. The van der Waals surface area contributed by atoms with Gasteiger partial charge < -0.3 is 29.4 Å². The minimum absolute atomic E-state index is 0.108. The van der Waals surface area contributed by atoms with Crippen molar-refractivity contribution in [2.45, 2.75) is 18.4 Å². The number of ether oxygens (including phenoxy) is 4. The van der Waals surface area contributed by atoms with E-state index in [1.807, 2.05) is 36.4 Å². The van der Waals surface area contributed by atoms with Crippen LogP contribution in [0.2, 0.25) is 0 Å². The number of nitrogens with one attached hydrogen (secondary N) is 1. The lowest BCUT2D eigenvalue weighted by Crippen LogP contribution is -2.32. The first-order valence-electron chi connectivity index (χ1n) is 11.1. The molecule has 0 saturated carbocycles. The van der Waals surface area contributed by atoms with E-state index in [1.165, 1.54) is 21.3 Å². The van der Waals surface area contributed by atoms with E-state index >= 15 is 0 Å². The van der Waals surface area contributed by atoms with Gasteiger partial charge in [-0.2, -0.15) is 0 Å². The van der Waals surface area contributed by atoms with Gasteiger partial charge in [0.2, 0.25) is 0 Å². The molecule has 1 atom stereocenters. The Morgan fingerprint density at radius 2 is 1.43 bits per heavy atom. The van der Waals surface area contributed by atoms with Crippen LogP contribution in [0.4, 0.5) is 4.79 Å². The van der Waals surface area contributed by atoms with E-state index < -0.39 is 24.5 Å². The standard InChI is InChI=1S/C27H27NO7/c1-32-16-12-23(33-2)26(24(13-16)34-3)22(14-25(29)30)28-27(31)35-15-21-19-10-6-4-8-17(19)18-9-5-7-11-20(18)21/h4-13,21-22H,14-15H2,1-3H3,(H,28,31)(H,29,30)/t22-/m0/s1. The van der Waals surface area contributed by atoms with E-state index in [4.69, 9.17) is 18.9 Å². The van der Waals surface area contributed by atoms with E-state index in [0.29, 0.717) is 22.8 Å². The highest BCUT2D eigenvalue weighted by Crippen LogP contribution is 2.44. The van der Waals surface area contributed by atoms with Crippen LogP contribution in [0.15, 0.2) is 60.7 Å². The third-order valence-electron chi connectivity index (χ3n) is 6.12. The molecule has 2 N–H and O–H groups in total. The number of amides is 1. The van der Waals surface area contributed by atoms with Gasteiger partial charge in [-0.15, -0.1) is 0 Å². The van der Waals surface area contributed by atoms with Crippen LogP contribution < -0.4 is 19.5 Å². The molecule has 0 bridgehead atoms. The summed E-state index contributed by atoms with van der Waals surface area (Å²) in [7, 11) is 4.39. The molecule has 0 radical (unpaired) electrons. The van der Waals surface area contributed by atoms with Gasteiger partial charge in [-0.1, -0.05) is 48.5 Å². The Morgan fingerprint density at radius 3 is 1.91 bits per heavy atom. The number of methoxy groups -OCH3 is 3. The van der Waals surface area contributed by atoms with E-state index in [9.17, 15) is 14.7 Å². The Labute approximate surface area is 203 Å². The van der Waals surface area contributed by atoms with Gasteiger partial charge in [0.25, 0.3) is 0 Å². The highest BCUT2D eigenvalue weighted by Gasteiger charge is 2.31. The molecule has 0 unspecified atom stereocenters. The first-order valence-corrected chi connectivity index (χ1v) is 11.1. The molecule has 1 amide bonds. The van der Waals surface area contributed by atoms with Gasteiger partial charge in [-0.05, 0) is 22.3 Å². The van der Waals surface area contributed by atoms with Crippen LogP contribution in [-0.2, 0) is 9.53 Å². The molecule has 0 saturated heterocycles. The Kier molecular flexibility index (Phi) is 7.10. The molecule has 8 heteroatoms. The zero-order chi connectivity index (χ0) is 24.9. The number of benzene rings is 3. The molecule has 0 spiro atoms. The third kappa shape index (κ3) is 4.87. The second kappa shape index (κ2) is 10.4. The van der Waals surface area contributed by atoms with Crippen molar-refractivity contribution in [1.82, 2.24) is 5.32 Å². The highest BCUT2D eigenvalue weighted by atomic mass is 16.5. The number of carboxylic acid groups (broad SMARTS) is 1. The van der Waals surface area contributed by atoms with Gasteiger partial charge >= 0.3 is 12.1 Å². The van der Waals surface area contributed by atoms with Crippen LogP contribution in [0.5, 0.6) is 17.2 Å². The summed E-state index contributed by atoms with van der Waals surface area (Å²) in [6, 6.07) is 18.3. The summed E-state index contributed by atoms with van der Waals surface area (Å²) in [6.07, 6.45) is -1.14. The quantitative estimate of drug-likeness (QED) is 0.458. The maximum atomic E-state index is 12.9. The lowest BCUT2D eigenvalue weighted by atomic mass is 9.98. The number of fused-ring (bicyclic) bond motifs is 3. The van der Waals surface area contributed by atoms with E-state index in [1.54, 1.807) is 12.1 Å². The third-order valence-corrected chi connectivity index (χ3v) is 6.12. The number of hydrogen-bond donors (Lipinski definition) is 2. The molecule has 1 aliphatic rings. The molecule has 3 aromatic rings. The number of rotatable bonds is 9. The van der Waals surface area contributed by atoms with Crippen LogP contribution in [0.3, 0.4) is 0 Å². The van der Waals surface area contributed by atoms with Crippen molar-refractivity contribution in [1.29, 1.82) is 0 Å². The van der Waals surface area contributed by atoms with Crippen molar-refractivity contribution in [3.8, 4) is 28.4 Å². The molecule has 0 aromatic heterocycles. The Balaban J connectivity index is 1.56. The summed E-state index contributed by atoms with van der Waals surface area (Å²) < 4.78 is 21.8.